The number of carbonyl (C=O) groups is 1. The fraction of sp³-hybridized carbons (Fsp3) is 0.800. The first kappa shape index (κ1) is 15.2. The molecule has 0 aromatic rings. The largest absolute Gasteiger partial charge is 0.469 e. The Morgan fingerprint density at radius 1 is 1.39 bits per heavy atom. The van der Waals surface area contributed by atoms with Crippen LogP contribution in [0.15, 0.2) is 12.2 Å². The van der Waals surface area contributed by atoms with Crippen molar-refractivity contribution < 1.29 is 9.53 Å². The molecule has 0 radical (unpaired) electrons. The molecular weight excluding hydrogens is 226 g/mol. The van der Waals surface area contributed by atoms with Crippen molar-refractivity contribution in [1.82, 2.24) is 0 Å². The van der Waals surface area contributed by atoms with Crippen molar-refractivity contribution in [3.8, 4) is 0 Å². The molecule has 104 valence electrons. The van der Waals surface area contributed by atoms with Crippen molar-refractivity contribution in [2.24, 2.45) is 17.6 Å². The first-order valence-corrected chi connectivity index (χ1v) is 7.12. The Morgan fingerprint density at radius 3 is 2.89 bits per heavy atom. The summed E-state index contributed by atoms with van der Waals surface area (Å²) in [5.41, 5.74) is 6.23. The molecule has 0 aromatic heterocycles. The molecule has 0 spiro atoms. The molecule has 1 rings (SSSR count). The second-order valence-electron chi connectivity index (χ2n) is 5.42. The lowest BCUT2D eigenvalue weighted by atomic mass is 9.77. The van der Waals surface area contributed by atoms with Gasteiger partial charge >= 0.3 is 5.97 Å². The standard InChI is InChI=1S/C15H27NO2/c1-12-8-7-10-13(15(12)16)9-5-3-4-6-11-14(17)18-2/h3,5,12-13,15H,4,6-11,16H2,1-2H3/b5-3-/t12-,13+,15+/m0/s1. The fourth-order valence-electron chi connectivity index (χ4n) is 2.68. The molecule has 1 fully saturated rings. The minimum atomic E-state index is -0.119. The van der Waals surface area contributed by atoms with Crippen LogP contribution in [0.3, 0.4) is 0 Å². The van der Waals surface area contributed by atoms with Crippen LogP contribution < -0.4 is 5.73 Å². The zero-order valence-electron chi connectivity index (χ0n) is 11.7. The van der Waals surface area contributed by atoms with E-state index in [4.69, 9.17) is 5.73 Å². The van der Waals surface area contributed by atoms with E-state index in [1.165, 1.54) is 26.4 Å². The van der Waals surface area contributed by atoms with Gasteiger partial charge in [-0.1, -0.05) is 25.5 Å². The molecule has 0 bridgehead atoms. The highest BCUT2D eigenvalue weighted by atomic mass is 16.5. The quantitative estimate of drug-likeness (QED) is 0.450. The number of rotatable bonds is 6. The van der Waals surface area contributed by atoms with Crippen molar-refractivity contribution in [2.75, 3.05) is 7.11 Å². The van der Waals surface area contributed by atoms with Gasteiger partial charge in [-0.25, -0.2) is 0 Å². The number of carbonyl (C=O) groups excluding carboxylic acids is 1. The van der Waals surface area contributed by atoms with E-state index in [0.717, 1.165) is 19.3 Å². The van der Waals surface area contributed by atoms with Gasteiger partial charge in [0.05, 0.1) is 7.11 Å². The normalized spacial score (nSPS) is 28.5. The summed E-state index contributed by atoms with van der Waals surface area (Å²) in [6, 6.07) is 0.360. The maximum atomic E-state index is 10.9. The van der Waals surface area contributed by atoms with E-state index in [-0.39, 0.29) is 5.97 Å². The highest BCUT2D eigenvalue weighted by Gasteiger charge is 2.26. The smallest absolute Gasteiger partial charge is 0.305 e. The van der Waals surface area contributed by atoms with Crippen molar-refractivity contribution in [3.63, 3.8) is 0 Å². The Labute approximate surface area is 111 Å². The zero-order chi connectivity index (χ0) is 13.4. The summed E-state index contributed by atoms with van der Waals surface area (Å²) in [7, 11) is 1.43. The van der Waals surface area contributed by atoms with E-state index in [1.807, 2.05) is 0 Å². The van der Waals surface area contributed by atoms with Gasteiger partial charge in [0.25, 0.3) is 0 Å². The second kappa shape index (κ2) is 8.30. The minimum absolute atomic E-state index is 0.119. The van der Waals surface area contributed by atoms with Crippen molar-refractivity contribution in [3.05, 3.63) is 12.2 Å². The van der Waals surface area contributed by atoms with Gasteiger partial charge in [-0.05, 0) is 43.9 Å². The zero-order valence-corrected chi connectivity index (χ0v) is 11.7. The maximum Gasteiger partial charge on any atom is 0.305 e. The summed E-state index contributed by atoms with van der Waals surface area (Å²) in [6.45, 7) is 2.26. The Kier molecular flexibility index (Phi) is 7.02. The second-order valence-corrected chi connectivity index (χ2v) is 5.42. The monoisotopic (exact) mass is 253 g/mol. The number of hydrogen-bond donors (Lipinski definition) is 1. The van der Waals surface area contributed by atoms with Crippen LogP contribution in [0, 0.1) is 11.8 Å². The lowest BCUT2D eigenvalue weighted by Crippen LogP contribution is -2.39. The Hall–Kier alpha value is -0.830. The Morgan fingerprint density at radius 2 is 2.17 bits per heavy atom. The summed E-state index contributed by atoms with van der Waals surface area (Å²) in [6.07, 6.45) is 11.7. The van der Waals surface area contributed by atoms with Crippen LogP contribution in [-0.2, 0) is 9.53 Å². The highest BCUT2D eigenvalue weighted by molar-refractivity contribution is 5.68. The van der Waals surface area contributed by atoms with Gasteiger partial charge in [0, 0.05) is 12.5 Å². The SMILES string of the molecule is COC(=O)CCC/C=C\C[C@@H]1CCC[C@H](C)[C@H]1N. The fourth-order valence-corrected chi connectivity index (χ4v) is 2.68. The molecular formula is C15H27NO2. The summed E-state index contributed by atoms with van der Waals surface area (Å²) < 4.78 is 4.60. The molecule has 3 atom stereocenters. The topological polar surface area (TPSA) is 52.3 Å². The van der Waals surface area contributed by atoms with Crippen molar-refractivity contribution in [1.29, 1.82) is 0 Å². The van der Waals surface area contributed by atoms with Crippen LogP contribution >= 0.6 is 0 Å². The molecule has 3 heteroatoms. The third kappa shape index (κ3) is 5.21. The molecule has 1 aliphatic rings. The third-order valence-corrected chi connectivity index (χ3v) is 4.02. The van der Waals surface area contributed by atoms with Crippen molar-refractivity contribution in [2.45, 2.75) is 57.9 Å². The van der Waals surface area contributed by atoms with Gasteiger partial charge in [0.1, 0.15) is 0 Å². The van der Waals surface area contributed by atoms with E-state index in [1.54, 1.807) is 0 Å². The summed E-state index contributed by atoms with van der Waals surface area (Å²) in [5, 5.41) is 0. The Balaban J connectivity index is 2.14. The number of nitrogens with two attached hydrogens (primary N) is 1. The molecule has 0 aromatic carbocycles. The van der Waals surface area contributed by atoms with Gasteiger partial charge in [-0.3, -0.25) is 4.79 Å². The van der Waals surface area contributed by atoms with Gasteiger partial charge in [-0.2, -0.15) is 0 Å². The van der Waals surface area contributed by atoms with Crippen LogP contribution in [0.4, 0.5) is 0 Å². The predicted molar refractivity (Wildman–Crippen MR) is 74.1 cm³/mol. The van der Waals surface area contributed by atoms with Crippen molar-refractivity contribution >= 4 is 5.97 Å². The highest BCUT2D eigenvalue weighted by Crippen LogP contribution is 2.30. The predicted octanol–water partition coefficient (Wildman–Crippen LogP) is 3.04. The van der Waals surface area contributed by atoms with Gasteiger partial charge in [-0.15, -0.1) is 0 Å². The van der Waals surface area contributed by atoms with Crippen LogP contribution in [0.1, 0.15) is 51.9 Å². The van der Waals surface area contributed by atoms with Crippen LogP contribution in [0.5, 0.6) is 0 Å². The lowest BCUT2D eigenvalue weighted by molar-refractivity contribution is -0.140. The number of methoxy groups -OCH3 is 1. The van der Waals surface area contributed by atoms with E-state index in [0.29, 0.717) is 24.3 Å². The Bertz CT molecular complexity index is 276. The molecule has 0 amide bonds. The number of ether oxygens (including phenoxy) is 1. The molecule has 0 heterocycles. The first-order chi connectivity index (χ1) is 8.65. The molecule has 0 unspecified atom stereocenters. The van der Waals surface area contributed by atoms with Gasteiger partial charge in [0.15, 0.2) is 0 Å². The molecule has 18 heavy (non-hydrogen) atoms. The molecule has 0 saturated heterocycles. The molecule has 1 aliphatic carbocycles. The van der Waals surface area contributed by atoms with E-state index >= 15 is 0 Å². The molecule has 0 aliphatic heterocycles. The van der Waals surface area contributed by atoms with E-state index < -0.39 is 0 Å². The summed E-state index contributed by atoms with van der Waals surface area (Å²) >= 11 is 0. The molecule has 1 saturated carbocycles. The van der Waals surface area contributed by atoms with Gasteiger partial charge < -0.3 is 10.5 Å². The first-order valence-electron chi connectivity index (χ1n) is 7.12. The summed E-state index contributed by atoms with van der Waals surface area (Å²) in [4.78, 5) is 10.9. The third-order valence-electron chi connectivity index (χ3n) is 4.02. The van der Waals surface area contributed by atoms with Crippen LogP contribution in [-0.4, -0.2) is 19.1 Å². The molecule has 2 N–H and O–H groups in total. The van der Waals surface area contributed by atoms with Crippen LogP contribution in [0.2, 0.25) is 0 Å². The number of allylic oxidation sites excluding steroid dienone is 2. The molecule has 3 nitrogen and oxygen atoms in total. The average molecular weight is 253 g/mol. The minimum Gasteiger partial charge on any atom is -0.469 e. The average Bonchev–Trinajstić information content (AvgIpc) is 2.38. The van der Waals surface area contributed by atoms with E-state index in [2.05, 4.69) is 23.8 Å². The number of esters is 1. The number of unbranched alkanes of at least 4 members (excludes halogenated alkanes) is 1. The maximum absolute atomic E-state index is 10.9. The number of hydrogen-bond acceptors (Lipinski definition) is 3. The summed E-state index contributed by atoms with van der Waals surface area (Å²) in [5.74, 6) is 1.19. The van der Waals surface area contributed by atoms with E-state index in [9.17, 15) is 4.79 Å². The van der Waals surface area contributed by atoms with Crippen LogP contribution in [0.25, 0.3) is 0 Å². The lowest BCUT2D eigenvalue weighted by Gasteiger charge is -2.33. The van der Waals surface area contributed by atoms with Gasteiger partial charge in [0.2, 0.25) is 0 Å².